The summed E-state index contributed by atoms with van der Waals surface area (Å²) in [5.74, 6) is 2.86. The second kappa shape index (κ2) is 14.1. The highest BCUT2D eigenvalue weighted by Gasteiger charge is 2.17. The van der Waals surface area contributed by atoms with E-state index in [1.54, 1.807) is 0 Å². The highest BCUT2D eigenvalue weighted by atomic mass is 127. The maximum atomic E-state index is 4.60. The molecule has 2 fully saturated rings. The van der Waals surface area contributed by atoms with Gasteiger partial charge < -0.3 is 25.3 Å². The van der Waals surface area contributed by atoms with E-state index < -0.39 is 0 Å². The Labute approximate surface area is 206 Å². The summed E-state index contributed by atoms with van der Waals surface area (Å²) in [4.78, 5) is 16.5. The van der Waals surface area contributed by atoms with Crippen LogP contribution in [0, 0.1) is 5.92 Å². The number of nitrogens with one attached hydrogen (secondary N) is 2. The van der Waals surface area contributed by atoms with Crippen LogP contribution < -0.4 is 15.5 Å². The summed E-state index contributed by atoms with van der Waals surface area (Å²) in [5, 5.41) is 6.91. The number of piperazine rings is 1. The molecule has 0 atom stereocenters. The quantitative estimate of drug-likeness (QED) is 0.228. The van der Waals surface area contributed by atoms with Gasteiger partial charge in [0.2, 0.25) is 0 Å². The Morgan fingerprint density at radius 3 is 2.52 bits per heavy atom. The molecule has 2 N–H and O–H groups in total. The van der Waals surface area contributed by atoms with Crippen molar-refractivity contribution in [2.24, 2.45) is 10.9 Å². The average molecular weight is 544 g/mol. The van der Waals surface area contributed by atoms with Crippen LogP contribution in [0.2, 0.25) is 0 Å². The number of rotatable bonds is 8. The molecule has 3 rings (SSSR count). The molecule has 0 saturated carbocycles. The molecule has 2 saturated heterocycles. The summed E-state index contributed by atoms with van der Waals surface area (Å²) in [6.45, 7) is 15.5. The number of aliphatic imine (C=N–C) groups is 1. The number of hydrogen-bond acceptors (Lipinski definition) is 5. The molecule has 0 spiro atoms. The Hall–Kier alpha value is -1.13. The lowest BCUT2D eigenvalue weighted by molar-refractivity contribution is 0.191. The number of halogens is 1. The molecule has 0 aliphatic carbocycles. The Morgan fingerprint density at radius 2 is 1.84 bits per heavy atom. The van der Waals surface area contributed by atoms with Gasteiger partial charge >= 0.3 is 0 Å². The molecule has 0 bridgehead atoms. The fourth-order valence-corrected chi connectivity index (χ4v) is 4.24. The molecular formula is C23H42IN7. The van der Waals surface area contributed by atoms with Gasteiger partial charge in [-0.25, -0.2) is 4.98 Å². The molecule has 0 aromatic carbocycles. The van der Waals surface area contributed by atoms with Crippen molar-refractivity contribution in [1.82, 2.24) is 25.4 Å². The second-order valence-electron chi connectivity index (χ2n) is 8.67. The number of likely N-dealkylation sites (tertiary alicyclic amines) is 1. The third kappa shape index (κ3) is 8.73. The number of anilines is 1. The Bertz CT molecular complexity index is 653. The van der Waals surface area contributed by atoms with E-state index in [1.165, 1.54) is 38.0 Å². The Kier molecular flexibility index (Phi) is 11.9. The number of aromatic nitrogens is 1. The van der Waals surface area contributed by atoms with Gasteiger partial charge in [-0.1, -0.05) is 13.8 Å². The van der Waals surface area contributed by atoms with Gasteiger partial charge in [0.15, 0.2) is 5.96 Å². The molecule has 1 aromatic heterocycles. The average Bonchev–Trinajstić information content (AvgIpc) is 2.80. The van der Waals surface area contributed by atoms with Crippen LogP contribution in [0.3, 0.4) is 0 Å². The standard InChI is InChI=1S/C23H41N7.HI/c1-4-28-14-16-30(17-15-28)22-18-21(6-10-25-22)19-27-23(24-3)26-9-5-11-29-12-7-20(2)8-13-29;/h6,10,18,20H,4-5,7-9,11-17,19H2,1-3H3,(H2,24,26,27);1H. The van der Waals surface area contributed by atoms with Gasteiger partial charge in [0.05, 0.1) is 0 Å². The van der Waals surface area contributed by atoms with Crippen LogP contribution in [-0.2, 0) is 6.54 Å². The summed E-state index contributed by atoms with van der Waals surface area (Å²) in [6, 6.07) is 4.29. The van der Waals surface area contributed by atoms with Crippen molar-refractivity contribution in [3.63, 3.8) is 0 Å². The summed E-state index contributed by atoms with van der Waals surface area (Å²) >= 11 is 0. The van der Waals surface area contributed by atoms with Crippen LogP contribution in [-0.4, -0.2) is 86.7 Å². The maximum absolute atomic E-state index is 4.60. The molecule has 8 heteroatoms. The van der Waals surface area contributed by atoms with Gasteiger partial charge in [0.1, 0.15) is 5.82 Å². The van der Waals surface area contributed by atoms with Crippen molar-refractivity contribution >= 4 is 35.8 Å². The fourth-order valence-electron chi connectivity index (χ4n) is 4.24. The zero-order valence-corrected chi connectivity index (χ0v) is 22.0. The van der Waals surface area contributed by atoms with Gasteiger partial charge in [-0.3, -0.25) is 4.99 Å². The lowest BCUT2D eigenvalue weighted by atomic mass is 9.99. The third-order valence-electron chi connectivity index (χ3n) is 6.46. The van der Waals surface area contributed by atoms with Crippen molar-refractivity contribution in [2.45, 2.75) is 39.7 Å². The van der Waals surface area contributed by atoms with Crippen LogP contribution in [0.5, 0.6) is 0 Å². The molecule has 2 aliphatic rings. The number of guanidine groups is 1. The SMILES string of the molecule is CCN1CCN(c2cc(CNC(=NC)NCCCN3CCC(C)CC3)ccn2)CC1.I. The van der Waals surface area contributed by atoms with E-state index in [2.05, 4.69) is 61.3 Å². The summed E-state index contributed by atoms with van der Waals surface area (Å²) in [5.41, 5.74) is 1.24. The predicted octanol–water partition coefficient (Wildman–Crippen LogP) is 2.63. The van der Waals surface area contributed by atoms with Gasteiger partial charge in [-0.2, -0.15) is 0 Å². The van der Waals surface area contributed by atoms with Gasteiger partial charge in [-0.05, 0) is 69.1 Å². The molecule has 31 heavy (non-hydrogen) atoms. The minimum atomic E-state index is 0. The van der Waals surface area contributed by atoms with Crippen LogP contribution >= 0.6 is 24.0 Å². The van der Waals surface area contributed by atoms with Gasteiger partial charge in [0.25, 0.3) is 0 Å². The molecule has 1 aromatic rings. The van der Waals surface area contributed by atoms with E-state index >= 15 is 0 Å². The smallest absolute Gasteiger partial charge is 0.191 e. The molecule has 3 heterocycles. The first-order chi connectivity index (χ1) is 14.7. The van der Waals surface area contributed by atoms with Crippen LogP contribution in [0.4, 0.5) is 5.82 Å². The Morgan fingerprint density at radius 1 is 1.10 bits per heavy atom. The molecule has 0 amide bonds. The predicted molar refractivity (Wildman–Crippen MR) is 142 cm³/mol. The number of piperidine rings is 1. The zero-order valence-electron chi connectivity index (χ0n) is 19.6. The highest BCUT2D eigenvalue weighted by Crippen LogP contribution is 2.16. The highest BCUT2D eigenvalue weighted by molar-refractivity contribution is 14.0. The van der Waals surface area contributed by atoms with E-state index in [1.807, 2.05) is 13.2 Å². The first-order valence-electron chi connectivity index (χ1n) is 11.8. The number of nitrogens with zero attached hydrogens (tertiary/aromatic N) is 5. The lowest BCUT2D eigenvalue weighted by Crippen LogP contribution is -2.46. The maximum Gasteiger partial charge on any atom is 0.191 e. The van der Waals surface area contributed by atoms with E-state index in [4.69, 9.17) is 0 Å². The topological polar surface area (TPSA) is 59.0 Å². The summed E-state index contributed by atoms with van der Waals surface area (Å²) in [6.07, 6.45) is 5.77. The van der Waals surface area contributed by atoms with E-state index in [9.17, 15) is 0 Å². The molecule has 176 valence electrons. The van der Waals surface area contributed by atoms with Gasteiger partial charge in [0, 0.05) is 52.5 Å². The first-order valence-corrected chi connectivity index (χ1v) is 11.8. The van der Waals surface area contributed by atoms with Crippen LogP contribution in [0.15, 0.2) is 23.3 Å². The van der Waals surface area contributed by atoms with Gasteiger partial charge in [-0.15, -0.1) is 24.0 Å². The lowest BCUT2D eigenvalue weighted by Gasteiger charge is -2.34. The number of likely N-dealkylation sites (N-methyl/N-ethyl adjacent to an activating group) is 1. The van der Waals surface area contributed by atoms with E-state index in [-0.39, 0.29) is 24.0 Å². The number of pyridine rings is 1. The minimum absolute atomic E-state index is 0. The van der Waals surface area contributed by atoms with E-state index in [0.29, 0.717) is 0 Å². The van der Waals surface area contributed by atoms with Crippen LogP contribution in [0.25, 0.3) is 0 Å². The monoisotopic (exact) mass is 543 g/mol. The second-order valence-corrected chi connectivity index (χ2v) is 8.67. The molecule has 0 radical (unpaired) electrons. The minimum Gasteiger partial charge on any atom is -0.356 e. The van der Waals surface area contributed by atoms with Crippen molar-refractivity contribution in [1.29, 1.82) is 0 Å². The van der Waals surface area contributed by atoms with Crippen LogP contribution in [0.1, 0.15) is 38.7 Å². The summed E-state index contributed by atoms with van der Waals surface area (Å²) < 4.78 is 0. The first kappa shape index (κ1) is 26.1. The molecule has 0 unspecified atom stereocenters. The van der Waals surface area contributed by atoms with Crippen molar-refractivity contribution in [2.75, 3.05) is 70.9 Å². The molecule has 7 nitrogen and oxygen atoms in total. The largest absolute Gasteiger partial charge is 0.356 e. The van der Waals surface area contributed by atoms with E-state index in [0.717, 1.165) is 69.9 Å². The normalized spacial score (nSPS) is 19.2. The Balaban J connectivity index is 0.00000341. The fraction of sp³-hybridized carbons (Fsp3) is 0.739. The third-order valence-corrected chi connectivity index (χ3v) is 6.46. The van der Waals surface area contributed by atoms with Crippen molar-refractivity contribution < 1.29 is 0 Å². The number of hydrogen-bond donors (Lipinski definition) is 2. The zero-order chi connectivity index (χ0) is 21.2. The molecular weight excluding hydrogens is 501 g/mol. The van der Waals surface area contributed by atoms with Crippen molar-refractivity contribution in [3.05, 3.63) is 23.9 Å². The summed E-state index contributed by atoms with van der Waals surface area (Å²) in [7, 11) is 1.84. The molecule has 2 aliphatic heterocycles. The van der Waals surface area contributed by atoms with Crippen molar-refractivity contribution in [3.8, 4) is 0 Å².